The molecule has 3 aromatic carbocycles. The molecule has 4 heteroatoms. The lowest BCUT2D eigenvalue weighted by atomic mass is 10.1. The molecule has 0 amide bonds. The van der Waals surface area contributed by atoms with Crippen molar-refractivity contribution in [2.24, 2.45) is 9.98 Å². The monoisotopic (exact) mass is 398 g/mol. The summed E-state index contributed by atoms with van der Waals surface area (Å²) in [4.78, 5) is 8.89. The average Bonchev–Trinajstić information content (AvgIpc) is 2.76. The summed E-state index contributed by atoms with van der Waals surface area (Å²) < 4.78 is 0. The number of rotatable bonds is 8. The molecule has 0 radical (unpaired) electrons. The summed E-state index contributed by atoms with van der Waals surface area (Å²) in [7, 11) is 1.83. The fourth-order valence-corrected chi connectivity index (χ4v) is 2.98. The van der Waals surface area contributed by atoms with Crippen LogP contribution in [0.15, 0.2) is 82.8 Å². The lowest BCUT2D eigenvalue weighted by Crippen LogP contribution is -1.97. The van der Waals surface area contributed by atoms with Crippen molar-refractivity contribution in [1.82, 2.24) is 0 Å². The van der Waals surface area contributed by atoms with E-state index in [1.807, 2.05) is 19.2 Å². The molecule has 0 aromatic heterocycles. The van der Waals surface area contributed by atoms with Gasteiger partial charge in [0.15, 0.2) is 0 Å². The Labute approximate surface area is 179 Å². The van der Waals surface area contributed by atoms with E-state index in [1.54, 1.807) is 0 Å². The SMILES string of the molecule is CN=C(C)CCC(C)=Nc1ccc(Nc2ccc(Nc3ccc(C)cc3)cc2)cc1. The number of aliphatic imine (C=N–C) groups is 2. The summed E-state index contributed by atoms with van der Waals surface area (Å²) >= 11 is 0. The number of aryl methyl sites for hydroxylation is 1. The van der Waals surface area contributed by atoms with Crippen LogP contribution in [-0.4, -0.2) is 18.5 Å². The highest BCUT2D eigenvalue weighted by atomic mass is 14.9. The van der Waals surface area contributed by atoms with Crippen LogP contribution in [0.1, 0.15) is 32.3 Å². The molecule has 2 N–H and O–H groups in total. The molecule has 0 heterocycles. The van der Waals surface area contributed by atoms with E-state index in [1.165, 1.54) is 5.56 Å². The smallest absolute Gasteiger partial charge is 0.0630 e. The zero-order valence-electron chi connectivity index (χ0n) is 18.2. The van der Waals surface area contributed by atoms with Crippen LogP contribution >= 0.6 is 0 Å². The molecule has 0 aliphatic heterocycles. The average molecular weight is 399 g/mol. The highest BCUT2D eigenvalue weighted by Gasteiger charge is 2.00. The van der Waals surface area contributed by atoms with Crippen LogP contribution in [0.2, 0.25) is 0 Å². The molecule has 0 spiro atoms. The molecule has 0 unspecified atom stereocenters. The lowest BCUT2D eigenvalue weighted by molar-refractivity contribution is 1.11. The molecular formula is C26H30N4. The Morgan fingerprint density at radius 2 is 1.03 bits per heavy atom. The zero-order chi connectivity index (χ0) is 21.3. The van der Waals surface area contributed by atoms with Crippen LogP contribution < -0.4 is 10.6 Å². The van der Waals surface area contributed by atoms with E-state index in [2.05, 4.69) is 97.1 Å². The van der Waals surface area contributed by atoms with Crippen molar-refractivity contribution in [3.8, 4) is 0 Å². The van der Waals surface area contributed by atoms with Gasteiger partial charge in [0, 0.05) is 41.2 Å². The first-order valence-electron chi connectivity index (χ1n) is 10.3. The largest absolute Gasteiger partial charge is 0.356 e. The minimum Gasteiger partial charge on any atom is -0.356 e. The molecule has 154 valence electrons. The fourth-order valence-electron chi connectivity index (χ4n) is 2.98. The van der Waals surface area contributed by atoms with Gasteiger partial charge in [0.2, 0.25) is 0 Å². The van der Waals surface area contributed by atoms with Crippen molar-refractivity contribution in [3.63, 3.8) is 0 Å². The van der Waals surface area contributed by atoms with Gasteiger partial charge in [-0.2, -0.15) is 0 Å². The topological polar surface area (TPSA) is 48.8 Å². The zero-order valence-corrected chi connectivity index (χ0v) is 18.2. The summed E-state index contributed by atoms with van der Waals surface area (Å²) in [6.07, 6.45) is 1.90. The Bertz CT molecular complexity index is 998. The van der Waals surface area contributed by atoms with Gasteiger partial charge in [-0.15, -0.1) is 0 Å². The van der Waals surface area contributed by atoms with Crippen molar-refractivity contribution in [1.29, 1.82) is 0 Å². The van der Waals surface area contributed by atoms with Crippen molar-refractivity contribution in [3.05, 3.63) is 78.4 Å². The molecule has 0 bridgehead atoms. The van der Waals surface area contributed by atoms with Crippen molar-refractivity contribution < 1.29 is 0 Å². The van der Waals surface area contributed by atoms with Crippen LogP contribution in [0.3, 0.4) is 0 Å². The second-order valence-corrected chi connectivity index (χ2v) is 7.55. The Hall–Kier alpha value is -3.40. The van der Waals surface area contributed by atoms with Gasteiger partial charge in [0.1, 0.15) is 0 Å². The van der Waals surface area contributed by atoms with E-state index in [0.29, 0.717) is 0 Å². The lowest BCUT2D eigenvalue weighted by Gasteiger charge is -2.10. The van der Waals surface area contributed by atoms with Gasteiger partial charge < -0.3 is 10.6 Å². The third-order valence-electron chi connectivity index (χ3n) is 4.93. The first kappa shape index (κ1) is 21.3. The van der Waals surface area contributed by atoms with Crippen molar-refractivity contribution in [2.75, 3.05) is 17.7 Å². The minimum absolute atomic E-state index is 0.937. The molecule has 4 nitrogen and oxygen atoms in total. The van der Waals surface area contributed by atoms with Crippen LogP contribution in [-0.2, 0) is 0 Å². The summed E-state index contributed by atoms with van der Waals surface area (Å²) in [5.41, 5.74) is 8.75. The first-order chi connectivity index (χ1) is 14.5. The number of hydrogen-bond acceptors (Lipinski definition) is 4. The van der Waals surface area contributed by atoms with Gasteiger partial charge >= 0.3 is 0 Å². The van der Waals surface area contributed by atoms with E-state index in [9.17, 15) is 0 Å². The fraction of sp³-hybridized carbons (Fsp3) is 0.231. The molecule has 30 heavy (non-hydrogen) atoms. The van der Waals surface area contributed by atoms with Crippen molar-refractivity contribution in [2.45, 2.75) is 33.6 Å². The minimum atomic E-state index is 0.937. The normalized spacial score (nSPS) is 12.0. The molecule has 0 aliphatic rings. The summed E-state index contributed by atoms with van der Waals surface area (Å²) in [6, 6.07) is 24.9. The van der Waals surface area contributed by atoms with Gasteiger partial charge in [-0.05, 0) is 94.3 Å². The Morgan fingerprint density at radius 1 is 0.633 bits per heavy atom. The molecule has 3 rings (SSSR count). The predicted molar refractivity (Wildman–Crippen MR) is 132 cm³/mol. The molecule has 0 aliphatic carbocycles. The second kappa shape index (κ2) is 10.4. The van der Waals surface area contributed by atoms with Crippen LogP contribution in [0.4, 0.5) is 28.4 Å². The van der Waals surface area contributed by atoms with E-state index in [0.717, 1.165) is 52.7 Å². The summed E-state index contributed by atoms with van der Waals surface area (Å²) in [5, 5.41) is 6.86. The molecule has 0 saturated heterocycles. The second-order valence-electron chi connectivity index (χ2n) is 7.55. The maximum absolute atomic E-state index is 4.70. The number of nitrogens with one attached hydrogen (secondary N) is 2. The number of anilines is 4. The van der Waals surface area contributed by atoms with Crippen molar-refractivity contribution >= 4 is 39.9 Å². The molecule has 0 saturated carbocycles. The Balaban J connectivity index is 1.56. The van der Waals surface area contributed by atoms with Crippen LogP contribution in [0.25, 0.3) is 0 Å². The maximum Gasteiger partial charge on any atom is 0.0630 e. The third kappa shape index (κ3) is 6.59. The number of hydrogen-bond donors (Lipinski definition) is 2. The Morgan fingerprint density at radius 3 is 1.50 bits per heavy atom. The van der Waals surface area contributed by atoms with Gasteiger partial charge in [-0.1, -0.05) is 17.7 Å². The maximum atomic E-state index is 4.70. The van der Waals surface area contributed by atoms with E-state index in [-0.39, 0.29) is 0 Å². The van der Waals surface area contributed by atoms with E-state index >= 15 is 0 Å². The molecule has 0 fully saturated rings. The highest BCUT2D eigenvalue weighted by Crippen LogP contribution is 2.23. The van der Waals surface area contributed by atoms with Gasteiger partial charge in [-0.25, -0.2) is 0 Å². The summed E-state index contributed by atoms with van der Waals surface area (Å²) in [5.74, 6) is 0. The van der Waals surface area contributed by atoms with Gasteiger partial charge in [0.05, 0.1) is 5.69 Å². The standard InChI is InChI=1S/C26H30N4/c1-19-5-9-23(10-6-19)29-25-15-17-26(18-16-25)30-24-13-11-22(12-14-24)28-21(3)8-7-20(2)27-4/h5-6,9-18,29-30H,7-8H2,1-4H3. The summed E-state index contributed by atoms with van der Waals surface area (Å²) in [6.45, 7) is 6.22. The Kier molecular flexibility index (Phi) is 7.39. The molecule has 3 aromatic rings. The quantitative estimate of drug-likeness (QED) is 0.387. The van der Waals surface area contributed by atoms with E-state index in [4.69, 9.17) is 4.99 Å². The molecule has 0 atom stereocenters. The number of benzene rings is 3. The van der Waals surface area contributed by atoms with Crippen LogP contribution in [0, 0.1) is 6.92 Å². The third-order valence-corrected chi connectivity index (χ3v) is 4.93. The highest BCUT2D eigenvalue weighted by molar-refractivity contribution is 5.90. The molecular weight excluding hydrogens is 368 g/mol. The van der Waals surface area contributed by atoms with Crippen LogP contribution in [0.5, 0.6) is 0 Å². The van der Waals surface area contributed by atoms with Gasteiger partial charge in [-0.3, -0.25) is 9.98 Å². The first-order valence-corrected chi connectivity index (χ1v) is 10.3. The van der Waals surface area contributed by atoms with E-state index < -0.39 is 0 Å². The van der Waals surface area contributed by atoms with Gasteiger partial charge in [0.25, 0.3) is 0 Å². The predicted octanol–water partition coefficient (Wildman–Crippen LogP) is 7.45. The number of nitrogens with zero attached hydrogens (tertiary/aromatic N) is 2.